The first-order valence-corrected chi connectivity index (χ1v) is 5.28. The van der Waals surface area contributed by atoms with Crippen LogP contribution in [0.5, 0.6) is 0 Å². The Morgan fingerprint density at radius 2 is 2.15 bits per heavy atom. The van der Waals surface area contributed by atoms with Crippen molar-refractivity contribution in [3.63, 3.8) is 0 Å². The molecule has 0 aromatic carbocycles. The number of rotatable bonds is 4. The number of aliphatic hydroxyl groups excluding tert-OH is 1. The quantitative estimate of drug-likeness (QED) is 0.358. The van der Waals surface area contributed by atoms with E-state index in [-0.39, 0.29) is 0 Å². The Morgan fingerprint density at radius 3 is 2.65 bits per heavy atom. The molecule has 0 spiro atoms. The third kappa shape index (κ3) is 3.25. The molecule has 1 saturated heterocycles. The van der Waals surface area contributed by atoms with Crippen molar-refractivity contribution in [2.45, 2.75) is 37.4 Å². The summed E-state index contributed by atoms with van der Waals surface area (Å²) >= 11 is 0. The fraction of sp³-hybridized carbons (Fsp3) is 0.875. The Labute approximate surface area is 110 Å². The second-order valence-corrected chi connectivity index (χ2v) is 3.83. The number of esters is 1. The van der Waals surface area contributed by atoms with Crippen LogP contribution in [-0.4, -0.2) is 48.1 Å². The number of carbonyl (C=O) groups is 1. The van der Waals surface area contributed by atoms with Gasteiger partial charge in [-0.1, -0.05) is 10.2 Å². The Kier molecular flexibility index (Phi) is 5.06. The molecule has 1 aliphatic heterocycles. The fourth-order valence-corrected chi connectivity index (χ4v) is 1.68. The van der Waals surface area contributed by atoms with Crippen molar-refractivity contribution in [2.75, 3.05) is 6.54 Å². The standard InChI is InChI=1S/C8H10F2N6O4/c1-3(17)19-6-5(14-16-12)7(18)20-4(2-13-15-11)8(6,9)10/h4-7,18H,2H2,1H3. The van der Waals surface area contributed by atoms with Gasteiger partial charge in [-0.15, -0.1) is 0 Å². The highest BCUT2D eigenvalue weighted by Gasteiger charge is 2.59. The third-order valence-corrected chi connectivity index (χ3v) is 2.50. The van der Waals surface area contributed by atoms with Gasteiger partial charge in [0.1, 0.15) is 12.1 Å². The van der Waals surface area contributed by atoms with Crippen molar-refractivity contribution in [1.82, 2.24) is 0 Å². The summed E-state index contributed by atoms with van der Waals surface area (Å²) in [5.74, 6) is -4.86. The highest BCUT2D eigenvalue weighted by Crippen LogP contribution is 2.37. The minimum Gasteiger partial charge on any atom is -0.455 e. The smallest absolute Gasteiger partial charge is 0.310 e. The van der Waals surface area contributed by atoms with Crippen molar-refractivity contribution in [2.24, 2.45) is 10.2 Å². The molecule has 4 unspecified atom stereocenters. The Hall–Kier alpha value is -2.13. The second-order valence-electron chi connectivity index (χ2n) is 3.83. The number of nitrogens with zero attached hydrogens (tertiary/aromatic N) is 6. The lowest BCUT2D eigenvalue weighted by atomic mass is 9.96. The van der Waals surface area contributed by atoms with Gasteiger partial charge in [0.15, 0.2) is 12.4 Å². The van der Waals surface area contributed by atoms with Crippen molar-refractivity contribution in [3.05, 3.63) is 20.9 Å². The number of aliphatic hydroxyl groups is 1. The molecule has 0 aliphatic carbocycles. The molecule has 1 aliphatic rings. The van der Waals surface area contributed by atoms with Crippen LogP contribution in [-0.2, 0) is 14.3 Å². The van der Waals surface area contributed by atoms with Crippen LogP contribution in [0.25, 0.3) is 20.9 Å². The fourth-order valence-electron chi connectivity index (χ4n) is 1.68. The SMILES string of the molecule is CC(=O)OC1C(N=[N+]=[N-])C(O)OC(CN=[N+]=[N-])C1(F)F. The topological polar surface area (TPSA) is 153 Å². The first-order valence-electron chi connectivity index (χ1n) is 5.28. The summed E-state index contributed by atoms with van der Waals surface area (Å²) in [5, 5.41) is 15.4. The summed E-state index contributed by atoms with van der Waals surface area (Å²) < 4.78 is 37.2. The van der Waals surface area contributed by atoms with E-state index < -0.39 is 43.0 Å². The van der Waals surface area contributed by atoms with Gasteiger partial charge in [0.05, 0.1) is 6.54 Å². The van der Waals surface area contributed by atoms with Crippen molar-refractivity contribution < 1.29 is 28.2 Å². The molecule has 0 radical (unpaired) electrons. The van der Waals surface area contributed by atoms with Gasteiger partial charge in [-0.2, -0.15) is 8.78 Å². The van der Waals surface area contributed by atoms with E-state index in [1.807, 2.05) is 0 Å². The van der Waals surface area contributed by atoms with E-state index in [2.05, 4.69) is 29.5 Å². The normalized spacial score (nSPS) is 31.6. The molecule has 0 aromatic rings. The molecule has 1 fully saturated rings. The molecular weight excluding hydrogens is 282 g/mol. The van der Waals surface area contributed by atoms with Crippen LogP contribution in [0.2, 0.25) is 0 Å². The van der Waals surface area contributed by atoms with Crippen molar-refractivity contribution >= 4 is 5.97 Å². The Bertz CT molecular complexity index is 476. The van der Waals surface area contributed by atoms with Crippen LogP contribution >= 0.6 is 0 Å². The van der Waals surface area contributed by atoms with E-state index >= 15 is 0 Å². The summed E-state index contributed by atoms with van der Waals surface area (Å²) in [6, 6.07) is -1.82. The summed E-state index contributed by atoms with van der Waals surface area (Å²) in [7, 11) is 0. The summed E-state index contributed by atoms with van der Waals surface area (Å²) in [5.41, 5.74) is 16.4. The maximum Gasteiger partial charge on any atom is 0.310 e. The lowest BCUT2D eigenvalue weighted by molar-refractivity contribution is -0.298. The van der Waals surface area contributed by atoms with Gasteiger partial charge in [0.25, 0.3) is 0 Å². The van der Waals surface area contributed by atoms with Gasteiger partial charge < -0.3 is 14.6 Å². The average molecular weight is 292 g/mol. The maximum absolute atomic E-state index is 14.1. The molecule has 0 saturated carbocycles. The maximum atomic E-state index is 14.1. The van der Waals surface area contributed by atoms with E-state index in [0.717, 1.165) is 6.92 Å². The first-order chi connectivity index (χ1) is 9.34. The van der Waals surface area contributed by atoms with Gasteiger partial charge in [-0.05, 0) is 11.1 Å². The lowest BCUT2D eigenvalue weighted by Gasteiger charge is -2.42. The predicted octanol–water partition coefficient (Wildman–Crippen LogP) is 1.26. The van der Waals surface area contributed by atoms with Crippen LogP contribution in [0.15, 0.2) is 10.2 Å². The van der Waals surface area contributed by atoms with Gasteiger partial charge in [-0.25, -0.2) is 0 Å². The predicted molar refractivity (Wildman–Crippen MR) is 58.3 cm³/mol. The van der Waals surface area contributed by atoms with E-state index in [1.54, 1.807) is 0 Å². The van der Waals surface area contributed by atoms with Crippen molar-refractivity contribution in [3.8, 4) is 0 Å². The van der Waals surface area contributed by atoms with Crippen LogP contribution < -0.4 is 0 Å². The third-order valence-electron chi connectivity index (χ3n) is 2.50. The molecule has 4 atom stereocenters. The number of hydrogen-bond donors (Lipinski definition) is 1. The molecule has 20 heavy (non-hydrogen) atoms. The minimum absolute atomic E-state index is 0.790. The van der Waals surface area contributed by atoms with E-state index in [0.29, 0.717) is 0 Å². The minimum atomic E-state index is -3.81. The highest BCUT2D eigenvalue weighted by atomic mass is 19.3. The van der Waals surface area contributed by atoms with Gasteiger partial charge in [0, 0.05) is 16.7 Å². The monoisotopic (exact) mass is 292 g/mol. The Balaban J connectivity index is 3.13. The van der Waals surface area contributed by atoms with Crippen molar-refractivity contribution in [1.29, 1.82) is 0 Å². The zero-order chi connectivity index (χ0) is 15.3. The number of azide groups is 2. The van der Waals surface area contributed by atoms with Crippen LogP contribution in [0.3, 0.4) is 0 Å². The Morgan fingerprint density at radius 1 is 1.50 bits per heavy atom. The molecule has 0 bridgehead atoms. The number of ether oxygens (including phenoxy) is 2. The van der Waals surface area contributed by atoms with Crippen LogP contribution in [0.1, 0.15) is 6.92 Å². The second kappa shape index (κ2) is 6.35. The molecule has 10 nitrogen and oxygen atoms in total. The van der Waals surface area contributed by atoms with Crippen LogP contribution in [0, 0.1) is 0 Å². The van der Waals surface area contributed by atoms with Gasteiger partial charge in [-0.3, -0.25) is 4.79 Å². The largest absolute Gasteiger partial charge is 0.455 e. The molecule has 110 valence electrons. The number of hydrogen-bond acceptors (Lipinski definition) is 6. The van der Waals surface area contributed by atoms with E-state index in [1.165, 1.54) is 0 Å². The molecule has 12 heteroatoms. The lowest BCUT2D eigenvalue weighted by Crippen LogP contribution is -2.63. The molecular formula is C8H10F2N6O4. The van der Waals surface area contributed by atoms with Crippen LogP contribution in [0.4, 0.5) is 8.78 Å². The summed E-state index contributed by atoms with van der Waals surface area (Å²) in [6.45, 7) is 0.0921. The molecule has 1 N–H and O–H groups in total. The van der Waals surface area contributed by atoms with Gasteiger partial charge >= 0.3 is 11.9 Å². The highest BCUT2D eigenvalue weighted by molar-refractivity contribution is 5.66. The van der Waals surface area contributed by atoms with Gasteiger partial charge in [0.2, 0.25) is 0 Å². The molecule has 0 amide bonds. The summed E-state index contributed by atoms with van der Waals surface area (Å²) in [4.78, 5) is 15.5. The zero-order valence-corrected chi connectivity index (χ0v) is 10.1. The first kappa shape index (κ1) is 15.9. The van der Waals surface area contributed by atoms with E-state index in [9.17, 15) is 18.7 Å². The number of halogens is 2. The molecule has 0 aromatic heterocycles. The number of carbonyl (C=O) groups excluding carboxylic acids is 1. The zero-order valence-electron chi connectivity index (χ0n) is 10.1. The summed E-state index contributed by atoms with van der Waals surface area (Å²) in [6.07, 6.45) is -6.16. The van der Waals surface area contributed by atoms with E-state index in [4.69, 9.17) is 11.1 Å². The molecule has 1 rings (SSSR count). The molecule has 1 heterocycles. The average Bonchev–Trinajstić information content (AvgIpc) is 2.36. The number of alkyl halides is 2.